The molecule has 0 saturated heterocycles. The maximum atomic E-state index is 13.9. The molecule has 0 aliphatic heterocycles. The third-order valence-electron chi connectivity index (χ3n) is 6.05. The summed E-state index contributed by atoms with van der Waals surface area (Å²) in [6.07, 6.45) is 4.68. The molecule has 10 nitrogen and oxygen atoms in total. The van der Waals surface area contributed by atoms with Crippen LogP contribution in [0.1, 0.15) is 11.1 Å². The van der Waals surface area contributed by atoms with Crippen molar-refractivity contribution in [3.63, 3.8) is 0 Å². The van der Waals surface area contributed by atoms with Gasteiger partial charge >= 0.3 is 5.69 Å². The van der Waals surface area contributed by atoms with E-state index in [9.17, 15) is 9.59 Å². The van der Waals surface area contributed by atoms with E-state index in [1.807, 2.05) is 63.2 Å². The molecule has 10 heteroatoms. The molecule has 4 aromatic rings. The molecule has 37 heavy (non-hydrogen) atoms. The van der Waals surface area contributed by atoms with Crippen molar-refractivity contribution in [3.05, 3.63) is 76.5 Å². The van der Waals surface area contributed by atoms with Gasteiger partial charge in [-0.05, 0) is 63.3 Å². The van der Waals surface area contributed by atoms with Crippen LogP contribution < -0.4 is 21.1 Å². The fraction of sp³-hybridized carbons (Fsp3) is 0.259. The molecule has 1 amide bonds. The van der Waals surface area contributed by atoms with E-state index in [0.29, 0.717) is 40.5 Å². The van der Waals surface area contributed by atoms with E-state index in [1.165, 1.54) is 15.5 Å². The number of aryl methyl sites for hydroxylation is 2. The minimum atomic E-state index is -0.371. The topological polar surface area (TPSA) is 112 Å². The minimum Gasteiger partial charge on any atom is -0.496 e. The van der Waals surface area contributed by atoms with Crippen molar-refractivity contribution in [1.82, 2.24) is 24.0 Å². The first-order chi connectivity index (χ1) is 17.6. The number of nitrogen functional groups attached to an aromatic ring is 1. The van der Waals surface area contributed by atoms with Crippen LogP contribution in [0.15, 0.2) is 59.7 Å². The quantitative estimate of drug-likeness (QED) is 0.388. The van der Waals surface area contributed by atoms with E-state index >= 15 is 0 Å². The highest BCUT2D eigenvalue weighted by Crippen LogP contribution is 2.28. The lowest BCUT2D eigenvalue weighted by molar-refractivity contribution is -0.113. The second-order valence-corrected chi connectivity index (χ2v) is 9.13. The zero-order valence-corrected chi connectivity index (χ0v) is 21.9. The van der Waals surface area contributed by atoms with Gasteiger partial charge in [-0.1, -0.05) is 12.1 Å². The Morgan fingerprint density at radius 3 is 2.51 bits per heavy atom. The zero-order valence-electron chi connectivity index (χ0n) is 21.9. The first-order valence-corrected chi connectivity index (χ1v) is 11.7. The first-order valence-electron chi connectivity index (χ1n) is 11.7. The maximum Gasteiger partial charge on any atom is 0.339 e. The van der Waals surface area contributed by atoms with Crippen LogP contribution in [0, 0.1) is 13.8 Å². The smallest absolute Gasteiger partial charge is 0.339 e. The number of hydrogen-bond donors (Lipinski definition) is 1. The number of amides is 1. The van der Waals surface area contributed by atoms with Crippen molar-refractivity contribution in [2.24, 2.45) is 0 Å². The van der Waals surface area contributed by atoms with Crippen LogP contribution in [0.2, 0.25) is 0 Å². The molecule has 192 valence electrons. The van der Waals surface area contributed by atoms with E-state index < -0.39 is 0 Å². The normalized spacial score (nSPS) is 11.5. The average molecular weight is 502 g/mol. The number of rotatable bonds is 7. The van der Waals surface area contributed by atoms with Crippen LogP contribution in [0.4, 0.5) is 11.5 Å². The highest BCUT2D eigenvalue weighted by atomic mass is 16.5. The van der Waals surface area contributed by atoms with Gasteiger partial charge in [0.2, 0.25) is 5.91 Å². The molecule has 2 aromatic carbocycles. The molecule has 0 radical (unpaired) electrons. The molecule has 0 atom stereocenters. The second-order valence-electron chi connectivity index (χ2n) is 9.13. The summed E-state index contributed by atoms with van der Waals surface area (Å²) in [4.78, 5) is 38.7. The predicted octanol–water partition coefficient (Wildman–Crippen LogP) is 2.86. The Morgan fingerprint density at radius 1 is 1.05 bits per heavy atom. The number of anilines is 2. The lowest BCUT2D eigenvalue weighted by Crippen LogP contribution is -2.26. The van der Waals surface area contributed by atoms with Crippen molar-refractivity contribution in [2.45, 2.75) is 13.8 Å². The summed E-state index contributed by atoms with van der Waals surface area (Å²) in [6, 6.07) is 11.0. The fourth-order valence-corrected chi connectivity index (χ4v) is 4.14. The number of ether oxygens (including phenoxy) is 1. The van der Waals surface area contributed by atoms with Gasteiger partial charge in [0.05, 0.1) is 18.5 Å². The van der Waals surface area contributed by atoms with Crippen molar-refractivity contribution < 1.29 is 9.53 Å². The number of nitrogens with two attached hydrogens (primary N) is 1. The van der Waals surface area contributed by atoms with Crippen molar-refractivity contribution in [3.8, 4) is 17.1 Å². The zero-order chi connectivity index (χ0) is 26.9. The summed E-state index contributed by atoms with van der Waals surface area (Å²) in [6.45, 7) is 4.48. The van der Waals surface area contributed by atoms with Crippen LogP contribution in [0.5, 0.6) is 5.75 Å². The number of aromatic nitrogens is 4. The molecular formula is C27H31N7O3. The number of benzene rings is 2. The lowest BCUT2D eigenvalue weighted by Gasteiger charge is -2.18. The Hall–Kier alpha value is -4.44. The molecular weight excluding hydrogens is 470 g/mol. The van der Waals surface area contributed by atoms with E-state index in [2.05, 4.69) is 9.97 Å². The number of hydrogen-bond acceptors (Lipinski definition) is 7. The van der Waals surface area contributed by atoms with Crippen molar-refractivity contribution in [2.75, 3.05) is 45.4 Å². The van der Waals surface area contributed by atoms with E-state index in [1.54, 1.807) is 37.3 Å². The standard InChI is InChI=1S/C27H31N7O3/c1-17-12-20(32(5)23(35)8-7-11-31(3)4)14-21(13-17)34-26-24(25(28)29-16-30-26)33(27(34)36)19-10-9-18(2)22(15-19)37-6/h7-10,12-16H,11H2,1-6H3,(H2,28,29,30)/b8-7+. The van der Waals surface area contributed by atoms with Crippen LogP contribution >= 0.6 is 0 Å². The first kappa shape index (κ1) is 25.6. The average Bonchev–Trinajstić information content (AvgIpc) is 3.16. The highest BCUT2D eigenvalue weighted by molar-refractivity contribution is 6.01. The lowest BCUT2D eigenvalue weighted by atomic mass is 10.1. The Bertz CT molecular complexity index is 1570. The molecule has 0 fully saturated rings. The van der Waals surface area contributed by atoms with Gasteiger partial charge in [-0.2, -0.15) is 0 Å². The van der Waals surface area contributed by atoms with Gasteiger partial charge in [-0.3, -0.25) is 9.36 Å². The number of carbonyl (C=O) groups is 1. The van der Waals surface area contributed by atoms with Crippen molar-refractivity contribution in [1.29, 1.82) is 0 Å². The maximum absolute atomic E-state index is 13.9. The summed E-state index contributed by atoms with van der Waals surface area (Å²) in [5.41, 5.74) is 10.2. The Labute approximate surface area is 215 Å². The summed E-state index contributed by atoms with van der Waals surface area (Å²) in [7, 11) is 7.15. The van der Waals surface area contributed by atoms with Crippen molar-refractivity contribution >= 4 is 28.6 Å². The van der Waals surface area contributed by atoms with Gasteiger partial charge in [0.15, 0.2) is 11.5 Å². The molecule has 2 heterocycles. The predicted molar refractivity (Wildman–Crippen MR) is 146 cm³/mol. The van der Waals surface area contributed by atoms with Crippen LogP contribution in [-0.4, -0.2) is 64.7 Å². The summed E-state index contributed by atoms with van der Waals surface area (Å²) in [5.74, 6) is 0.638. The van der Waals surface area contributed by atoms with Gasteiger partial charge in [-0.25, -0.2) is 19.3 Å². The van der Waals surface area contributed by atoms with Crippen LogP contribution in [0.3, 0.4) is 0 Å². The third-order valence-corrected chi connectivity index (χ3v) is 6.05. The molecule has 4 rings (SSSR count). The number of likely N-dealkylation sites (N-methyl/N-ethyl adjacent to an activating group) is 2. The molecule has 0 unspecified atom stereocenters. The second kappa shape index (κ2) is 10.3. The minimum absolute atomic E-state index is 0.173. The van der Waals surface area contributed by atoms with Gasteiger partial charge < -0.3 is 20.3 Å². The van der Waals surface area contributed by atoms with Gasteiger partial charge in [0.25, 0.3) is 0 Å². The van der Waals surface area contributed by atoms with Gasteiger partial charge in [0.1, 0.15) is 17.6 Å². The Balaban J connectivity index is 1.89. The number of nitrogens with zero attached hydrogens (tertiary/aromatic N) is 6. The fourth-order valence-electron chi connectivity index (χ4n) is 4.14. The summed E-state index contributed by atoms with van der Waals surface area (Å²) in [5, 5.41) is 0. The summed E-state index contributed by atoms with van der Waals surface area (Å²) < 4.78 is 8.43. The number of imidazole rings is 1. The summed E-state index contributed by atoms with van der Waals surface area (Å²) >= 11 is 0. The van der Waals surface area contributed by atoms with Gasteiger partial charge in [-0.15, -0.1) is 0 Å². The molecule has 0 saturated carbocycles. The monoisotopic (exact) mass is 501 g/mol. The number of methoxy groups -OCH3 is 1. The Morgan fingerprint density at radius 2 is 1.81 bits per heavy atom. The Kier molecular flexibility index (Phi) is 7.12. The third kappa shape index (κ3) is 4.96. The molecule has 0 aliphatic carbocycles. The van der Waals surface area contributed by atoms with Crippen LogP contribution in [-0.2, 0) is 4.79 Å². The highest BCUT2D eigenvalue weighted by Gasteiger charge is 2.22. The SMILES string of the molecule is COc1cc(-n2c(=O)n(-c3cc(C)cc(N(C)C(=O)/C=C/CN(C)C)c3)c3ncnc(N)c32)ccc1C. The molecule has 0 bridgehead atoms. The molecule has 2 N–H and O–H groups in total. The molecule has 0 spiro atoms. The van der Waals surface area contributed by atoms with E-state index in [-0.39, 0.29) is 17.4 Å². The largest absolute Gasteiger partial charge is 0.496 e. The number of carbonyl (C=O) groups excluding carboxylic acids is 1. The molecule has 2 aromatic heterocycles. The van der Waals surface area contributed by atoms with E-state index in [0.717, 1.165) is 11.1 Å². The number of fused-ring (bicyclic) bond motifs is 1. The van der Waals surface area contributed by atoms with Crippen LogP contribution in [0.25, 0.3) is 22.5 Å². The molecule has 0 aliphatic rings. The van der Waals surface area contributed by atoms with E-state index in [4.69, 9.17) is 10.5 Å². The van der Waals surface area contributed by atoms with Gasteiger partial charge in [0, 0.05) is 31.4 Å².